The summed E-state index contributed by atoms with van der Waals surface area (Å²) in [5.74, 6) is -2.83. The summed E-state index contributed by atoms with van der Waals surface area (Å²) >= 11 is 0. The fraction of sp³-hybridized carbons (Fsp3) is 0.778. The number of hydrogen-bond acceptors (Lipinski definition) is 9. The number of nitrogens with one attached hydrogen (secondary N) is 1. The molecule has 0 bridgehead atoms. The summed E-state index contributed by atoms with van der Waals surface area (Å²) in [5, 5.41) is 39.7. The number of rotatable bonds is 9. The van der Waals surface area contributed by atoms with Crippen LogP contribution in [0.1, 0.15) is 0 Å². The molecule has 14 nitrogen and oxygen atoms in total. The van der Waals surface area contributed by atoms with Crippen LogP contribution in [0.3, 0.4) is 0 Å². The summed E-state index contributed by atoms with van der Waals surface area (Å²) in [4.78, 5) is 38.0. The normalized spacial score (nSPS) is 18.2. The molecule has 1 heterocycles. The molecule has 1 aliphatic rings. The van der Waals surface area contributed by atoms with E-state index < -0.39 is 34.0 Å². The monoisotopic (exact) mass is 655 g/mol. The van der Waals surface area contributed by atoms with Gasteiger partial charge in [0.2, 0.25) is 10.0 Å². The summed E-state index contributed by atoms with van der Waals surface area (Å²) in [6.45, 7) is 6.30. The van der Waals surface area contributed by atoms with E-state index in [0.29, 0.717) is 52.4 Å². The number of aliphatic hydroxyl groups is 1. The van der Waals surface area contributed by atoms with E-state index >= 15 is 0 Å². The number of carbonyl (C=O) groups is 3. The van der Waals surface area contributed by atoms with E-state index in [1.54, 1.807) is 14.7 Å². The van der Waals surface area contributed by atoms with Crippen molar-refractivity contribution in [1.82, 2.24) is 19.4 Å². The molecule has 0 amide bonds. The average molecular weight is 655 g/mol. The zero-order chi connectivity index (χ0) is 25.4. The van der Waals surface area contributed by atoms with Crippen molar-refractivity contribution in [3.8, 4) is 0 Å². The first-order valence-electron chi connectivity index (χ1n) is 10.2. The number of aliphatic hydroxyl groups excluding tert-OH is 1. The number of sulfonamides is 1. The standard InChI is InChI=1S/C14H25N4O6.C4H10NO3S.Gd/c19-12(20)9-16-3-1-15-2-4-17(10-13(21)22)6-8-18(7-5-16)11-14(23)24;1-4(6)3-5-9(2,7)8;/h1-11H2,(H,19,20)(H,21,22)(H,23,24);4-6H,1,3H2,2H3;/q2*-1;+2. The number of carboxylic acid groups (broad SMARTS) is 3. The minimum absolute atomic E-state index is 0. The Kier molecular flexibility index (Phi) is 20.5. The van der Waals surface area contributed by atoms with Crippen LogP contribution in [-0.4, -0.2) is 152 Å². The average Bonchev–Trinajstić information content (AvgIpc) is 2.65. The van der Waals surface area contributed by atoms with Crippen LogP contribution in [-0.2, 0) is 24.4 Å². The quantitative estimate of drug-likeness (QED) is 0.161. The summed E-state index contributed by atoms with van der Waals surface area (Å²) in [6.07, 6.45) is 0.148. The van der Waals surface area contributed by atoms with Gasteiger partial charge in [0, 0.05) is 32.7 Å². The largest absolute Gasteiger partial charge is 2.00 e. The van der Waals surface area contributed by atoms with Crippen molar-refractivity contribution in [2.45, 2.75) is 6.10 Å². The molecule has 0 aromatic rings. The van der Waals surface area contributed by atoms with Crippen LogP contribution in [0.2, 0.25) is 0 Å². The smallest absolute Gasteiger partial charge is 0.660 e. The van der Waals surface area contributed by atoms with E-state index in [4.69, 9.17) is 20.4 Å². The van der Waals surface area contributed by atoms with Crippen molar-refractivity contribution < 1.29 is 83.2 Å². The van der Waals surface area contributed by atoms with Crippen molar-refractivity contribution in [2.24, 2.45) is 0 Å². The molecular weight excluding hydrogens is 620 g/mol. The van der Waals surface area contributed by atoms with E-state index in [1.165, 1.54) is 0 Å². The number of hydrogen-bond donors (Lipinski definition) is 5. The molecular formula is C18H35GdN5O9S. The van der Waals surface area contributed by atoms with Gasteiger partial charge < -0.3 is 32.7 Å². The fourth-order valence-electron chi connectivity index (χ4n) is 2.73. The predicted octanol–water partition coefficient (Wildman–Crippen LogP) is -2.74. The molecule has 0 radical (unpaired) electrons. The first kappa shape index (κ1) is 35.6. The molecule has 0 aromatic carbocycles. The van der Waals surface area contributed by atoms with E-state index in [-0.39, 0.29) is 66.1 Å². The number of aliphatic carboxylic acids is 3. The van der Waals surface area contributed by atoms with Gasteiger partial charge in [-0.15, -0.1) is 13.1 Å². The Morgan fingerprint density at radius 2 is 1.18 bits per heavy atom. The van der Waals surface area contributed by atoms with Crippen LogP contribution in [0.5, 0.6) is 0 Å². The molecule has 1 rings (SSSR count). The first-order chi connectivity index (χ1) is 15.3. The molecule has 1 fully saturated rings. The van der Waals surface area contributed by atoms with Crippen LogP contribution in [0, 0.1) is 46.9 Å². The summed E-state index contributed by atoms with van der Waals surface area (Å²) in [7, 11) is -3.17. The van der Waals surface area contributed by atoms with E-state index in [9.17, 15) is 22.8 Å². The molecule has 16 heteroatoms. The third-order valence-electron chi connectivity index (χ3n) is 4.27. The van der Waals surface area contributed by atoms with Crippen molar-refractivity contribution in [1.29, 1.82) is 0 Å². The second-order valence-corrected chi connectivity index (χ2v) is 9.29. The Hall–Kier alpha value is -0.555. The second kappa shape index (κ2) is 19.6. The molecule has 1 saturated heterocycles. The van der Waals surface area contributed by atoms with Crippen LogP contribution < -0.4 is 4.72 Å². The van der Waals surface area contributed by atoms with Crippen molar-refractivity contribution in [3.63, 3.8) is 0 Å². The zero-order valence-electron chi connectivity index (χ0n) is 19.2. The maximum Gasteiger partial charge on any atom is 2.00 e. The van der Waals surface area contributed by atoms with E-state index in [2.05, 4.69) is 17.0 Å². The maximum absolute atomic E-state index is 11.0. The van der Waals surface area contributed by atoms with Gasteiger partial charge in [-0.25, -0.2) is 13.1 Å². The predicted molar refractivity (Wildman–Crippen MR) is 120 cm³/mol. The molecule has 34 heavy (non-hydrogen) atoms. The van der Waals surface area contributed by atoms with Gasteiger partial charge in [0.1, 0.15) is 0 Å². The molecule has 5 N–H and O–H groups in total. The van der Waals surface area contributed by atoms with E-state index in [0.717, 1.165) is 6.26 Å². The molecule has 1 unspecified atom stereocenters. The van der Waals surface area contributed by atoms with Crippen LogP contribution in [0.15, 0.2) is 0 Å². The Morgan fingerprint density at radius 1 is 0.853 bits per heavy atom. The van der Waals surface area contributed by atoms with Gasteiger partial charge in [-0.2, -0.15) is 0 Å². The third kappa shape index (κ3) is 23.2. The third-order valence-corrected chi connectivity index (χ3v) is 4.96. The zero-order valence-corrected chi connectivity index (χ0v) is 22.2. The van der Waals surface area contributed by atoms with Gasteiger partial charge in [0.25, 0.3) is 0 Å². The first-order valence-corrected chi connectivity index (χ1v) is 12.1. The molecule has 0 aliphatic carbocycles. The molecule has 0 aromatic heterocycles. The van der Waals surface area contributed by atoms with Crippen LogP contribution in [0.25, 0.3) is 5.32 Å². The SMILES string of the molecule is O=C(O)CN1CC[N-]CCN(CC(=O)O)CCN(CC(=O)O)CC1.[CH2-]C(O)CNS(C)(=O)=O.[Gd+2]. The number of nitrogens with zero attached hydrogens (tertiary/aromatic N) is 4. The minimum Gasteiger partial charge on any atom is -0.660 e. The molecule has 0 spiro atoms. The summed E-state index contributed by atoms with van der Waals surface area (Å²) < 4.78 is 22.7. The van der Waals surface area contributed by atoms with Gasteiger partial charge in [-0.05, 0) is 13.1 Å². The molecule has 1 aliphatic heterocycles. The van der Waals surface area contributed by atoms with Gasteiger partial charge in [-0.3, -0.25) is 29.1 Å². The maximum atomic E-state index is 11.0. The summed E-state index contributed by atoms with van der Waals surface area (Å²) in [6, 6.07) is 0. The Morgan fingerprint density at radius 3 is 1.41 bits per heavy atom. The minimum atomic E-state index is -3.17. The Bertz CT molecular complexity index is 682. The molecule has 1 atom stereocenters. The van der Waals surface area contributed by atoms with Crippen LogP contribution in [0.4, 0.5) is 0 Å². The molecule has 0 saturated carbocycles. The Balaban J connectivity index is 0. The number of carboxylic acids is 3. The van der Waals surface area contributed by atoms with Gasteiger partial charge >= 0.3 is 57.8 Å². The van der Waals surface area contributed by atoms with Gasteiger partial charge in [0.15, 0.2) is 0 Å². The summed E-state index contributed by atoms with van der Waals surface area (Å²) in [5.41, 5.74) is 0. The topological polar surface area (TPSA) is 202 Å². The van der Waals surface area contributed by atoms with Gasteiger partial charge in [0.05, 0.1) is 25.9 Å². The van der Waals surface area contributed by atoms with Crippen molar-refractivity contribution in [3.05, 3.63) is 12.2 Å². The Labute approximate surface area is 232 Å². The second-order valence-electron chi connectivity index (χ2n) is 7.45. The van der Waals surface area contributed by atoms with E-state index in [1.807, 2.05) is 0 Å². The molecule has 200 valence electrons. The fourth-order valence-corrected chi connectivity index (χ4v) is 3.23. The van der Waals surface area contributed by atoms with Crippen molar-refractivity contribution >= 4 is 27.9 Å². The van der Waals surface area contributed by atoms with Crippen molar-refractivity contribution in [2.75, 3.05) is 84.8 Å². The van der Waals surface area contributed by atoms with Gasteiger partial charge in [-0.1, -0.05) is 6.10 Å². The van der Waals surface area contributed by atoms with Crippen LogP contribution >= 0.6 is 0 Å².